The van der Waals surface area contributed by atoms with Gasteiger partial charge in [-0.3, -0.25) is 0 Å². The van der Waals surface area contributed by atoms with Crippen LogP contribution >= 0.6 is 0 Å². The molecule has 1 atom stereocenters. The summed E-state index contributed by atoms with van der Waals surface area (Å²) in [6, 6.07) is 0. The van der Waals surface area contributed by atoms with E-state index in [0.29, 0.717) is 0 Å². The first-order valence-corrected chi connectivity index (χ1v) is 1.87. The molecule has 0 heterocycles. The fraction of sp³-hybridized carbons (Fsp3) is 1.00. The van der Waals surface area contributed by atoms with Crippen molar-refractivity contribution in [3.05, 3.63) is 0 Å². The molecule has 0 saturated heterocycles. The molecule has 1 unspecified atom stereocenters. The minimum atomic E-state index is -5.12. The highest BCUT2D eigenvalue weighted by Crippen LogP contribution is 2.23. The third-order valence-electron chi connectivity index (χ3n) is 0.467. The second-order valence-corrected chi connectivity index (χ2v) is 1.13. The molecule has 0 aromatic heterocycles. The number of hydrogen-bond acceptors (Lipinski definition) is 1. The topological polar surface area (TPSA) is 9.23 Å². The van der Waals surface area contributed by atoms with E-state index in [9.17, 15) is 22.0 Å². The summed E-state index contributed by atoms with van der Waals surface area (Å²) in [7, 11) is 0. The standard InChI is InChI=1S/C3H3F5O/c4-1-9-2(5)3(6,7)8/h2H,1H2. The van der Waals surface area contributed by atoms with Crippen LogP contribution in [0.3, 0.4) is 0 Å². The maximum atomic E-state index is 11.3. The van der Waals surface area contributed by atoms with E-state index < -0.39 is 19.4 Å². The number of hydrogen-bond donors (Lipinski definition) is 0. The van der Waals surface area contributed by atoms with Crippen LogP contribution in [0.4, 0.5) is 22.0 Å². The summed E-state index contributed by atoms with van der Waals surface area (Å²) in [5, 5.41) is 0. The zero-order chi connectivity index (χ0) is 7.49. The monoisotopic (exact) mass is 150 g/mol. The summed E-state index contributed by atoms with van der Waals surface area (Å²) in [5.41, 5.74) is 0. The van der Waals surface area contributed by atoms with Gasteiger partial charge in [0.05, 0.1) is 0 Å². The molecule has 0 aromatic rings. The van der Waals surface area contributed by atoms with Crippen molar-refractivity contribution in [1.29, 1.82) is 0 Å². The van der Waals surface area contributed by atoms with E-state index >= 15 is 0 Å². The average molecular weight is 150 g/mol. The molecular formula is C3H3F5O. The van der Waals surface area contributed by atoms with Gasteiger partial charge in [0, 0.05) is 0 Å². The van der Waals surface area contributed by atoms with E-state index in [1.54, 1.807) is 0 Å². The fourth-order valence-corrected chi connectivity index (χ4v) is 0.150. The Morgan fingerprint density at radius 3 is 1.89 bits per heavy atom. The van der Waals surface area contributed by atoms with Crippen LogP contribution in [0.1, 0.15) is 0 Å². The van der Waals surface area contributed by atoms with Crippen LogP contribution in [0, 0.1) is 0 Å². The zero-order valence-corrected chi connectivity index (χ0v) is 4.08. The molecule has 1 nitrogen and oxygen atoms in total. The highest BCUT2D eigenvalue weighted by atomic mass is 19.4. The van der Waals surface area contributed by atoms with Crippen LogP contribution in [-0.4, -0.2) is 19.4 Å². The van der Waals surface area contributed by atoms with E-state index in [4.69, 9.17) is 0 Å². The number of halogens is 5. The fourth-order valence-electron chi connectivity index (χ4n) is 0.150. The second kappa shape index (κ2) is 2.95. The van der Waals surface area contributed by atoms with Gasteiger partial charge in [0.2, 0.25) is 0 Å². The molecule has 0 N–H and O–H groups in total. The molecule has 0 saturated carbocycles. The van der Waals surface area contributed by atoms with E-state index in [1.165, 1.54) is 0 Å². The van der Waals surface area contributed by atoms with E-state index in [-0.39, 0.29) is 0 Å². The van der Waals surface area contributed by atoms with Crippen molar-refractivity contribution in [2.45, 2.75) is 12.5 Å². The summed E-state index contributed by atoms with van der Waals surface area (Å²) in [6.07, 6.45) is -8.63. The summed E-state index contributed by atoms with van der Waals surface area (Å²) in [4.78, 5) is 0. The molecule has 0 bridgehead atoms. The van der Waals surface area contributed by atoms with Crippen molar-refractivity contribution in [2.75, 3.05) is 6.86 Å². The van der Waals surface area contributed by atoms with Crippen LogP contribution in [0.25, 0.3) is 0 Å². The van der Waals surface area contributed by atoms with Crippen LogP contribution < -0.4 is 0 Å². The van der Waals surface area contributed by atoms with Crippen molar-refractivity contribution >= 4 is 0 Å². The van der Waals surface area contributed by atoms with Gasteiger partial charge in [0.15, 0.2) is 6.86 Å². The smallest absolute Gasteiger partial charge is 0.309 e. The molecule has 6 heteroatoms. The minimum Gasteiger partial charge on any atom is -0.309 e. The molecule has 0 aliphatic carbocycles. The molecule has 0 radical (unpaired) electrons. The van der Waals surface area contributed by atoms with Crippen LogP contribution in [0.2, 0.25) is 0 Å². The molecule has 0 aromatic carbocycles. The Morgan fingerprint density at radius 2 is 1.78 bits per heavy atom. The van der Waals surface area contributed by atoms with Gasteiger partial charge >= 0.3 is 6.18 Å². The SMILES string of the molecule is FCOC(F)C(F)(F)F. The lowest BCUT2D eigenvalue weighted by molar-refractivity contribution is -0.273. The lowest BCUT2D eigenvalue weighted by atomic mass is 10.7. The normalized spacial score (nSPS) is 15.7. The third kappa shape index (κ3) is 3.23. The van der Waals surface area contributed by atoms with Crippen molar-refractivity contribution in [1.82, 2.24) is 0 Å². The van der Waals surface area contributed by atoms with Gasteiger partial charge in [0.25, 0.3) is 6.36 Å². The van der Waals surface area contributed by atoms with Gasteiger partial charge in [-0.15, -0.1) is 0 Å². The molecule has 0 aliphatic rings. The third-order valence-corrected chi connectivity index (χ3v) is 0.467. The molecule has 0 aliphatic heterocycles. The maximum absolute atomic E-state index is 11.3. The molecule has 0 spiro atoms. The Balaban J connectivity index is 3.59. The van der Waals surface area contributed by atoms with Crippen molar-refractivity contribution in [3.63, 3.8) is 0 Å². The average Bonchev–Trinajstić information content (AvgIpc) is 1.64. The van der Waals surface area contributed by atoms with Gasteiger partial charge in [0.1, 0.15) is 0 Å². The van der Waals surface area contributed by atoms with Gasteiger partial charge in [-0.25, -0.2) is 8.78 Å². The van der Waals surface area contributed by atoms with Gasteiger partial charge in [-0.2, -0.15) is 13.2 Å². The molecular weight excluding hydrogens is 147 g/mol. The van der Waals surface area contributed by atoms with E-state index in [2.05, 4.69) is 4.74 Å². The zero-order valence-electron chi connectivity index (χ0n) is 4.08. The van der Waals surface area contributed by atoms with Crippen LogP contribution in [0.5, 0.6) is 0 Å². The van der Waals surface area contributed by atoms with Gasteiger partial charge in [-0.05, 0) is 0 Å². The van der Waals surface area contributed by atoms with Crippen molar-refractivity contribution in [3.8, 4) is 0 Å². The highest BCUT2D eigenvalue weighted by Gasteiger charge is 2.41. The first-order valence-electron chi connectivity index (χ1n) is 1.87. The lowest BCUT2D eigenvalue weighted by Crippen LogP contribution is -2.26. The molecule has 0 amide bonds. The minimum absolute atomic E-state index is 1.78. The Bertz CT molecular complexity index is 78.8. The Kier molecular flexibility index (Phi) is 2.83. The second-order valence-electron chi connectivity index (χ2n) is 1.13. The largest absolute Gasteiger partial charge is 0.445 e. The number of alkyl halides is 5. The van der Waals surface area contributed by atoms with Crippen LogP contribution in [0.15, 0.2) is 0 Å². The Morgan fingerprint density at radius 1 is 1.33 bits per heavy atom. The predicted molar refractivity (Wildman–Crippen MR) is 18.0 cm³/mol. The lowest BCUT2D eigenvalue weighted by Gasteiger charge is -2.09. The summed E-state index contributed by atoms with van der Waals surface area (Å²) in [6.45, 7) is -1.78. The maximum Gasteiger partial charge on any atom is 0.445 e. The predicted octanol–water partition coefficient (Wildman–Crippen LogP) is 1.79. The highest BCUT2D eigenvalue weighted by molar-refractivity contribution is 4.51. The quantitative estimate of drug-likeness (QED) is 0.545. The summed E-state index contributed by atoms with van der Waals surface area (Å²) < 4.78 is 58.0. The van der Waals surface area contributed by atoms with Crippen molar-refractivity contribution in [2.24, 2.45) is 0 Å². The van der Waals surface area contributed by atoms with E-state index in [1.807, 2.05) is 0 Å². The van der Waals surface area contributed by atoms with Gasteiger partial charge in [-0.1, -0.05) is 0 Å². The number of ether oxygens (including phenoxy) is 1. The molecule has 0 fully saturated rings. The van der Waals surface area contributed by atoms with E-state index in [0.717, 1.165) is 0 Å². The summed E-state index contributed by atoms with van der Waals surface area (Å²) >= 11 is 0. The Hall–Kier alpha value is -0.390. The van der Waals surface area contributed by atoms with Gasteiger partial charge < -0.3 is 4.74 Å². The Labute approximate surface area is 47.4 Å². The van der Waals surface area contributed by atoms with Crippen molar-refractivity contribution < 1.29 is 26.7 Å². The first kappa shape index (κ1) is 8.61. The summed E-state index contributed by atoms with van der Waals surface area (Å²) in [5.74, 6) is 0. The molecule has 9 heavy (non-hydrogen) atoms. The number of rotatable bonds is 2. The van der Waals surface area contributed by atoms with Crippen LogP contribution in [-0.2, 0) is 4.74 Å². The molecule has 56 valence electrons. The molecule has 0 rings (SSSR count). The first-order chi connectivity index (χ1) is 3.98.